The molecule has 1 amide bonds. The van der Waals surface area contributed by atoms with Crippen LogP contribution in [0.3, 0.4) is 0 Å². The lowest BCUT2D eigenvalue weighted by atomic mass is 10.2. The molecular formula is C19H35N7O2. The molecule has 0 spiro atoms. The van der Waals surface area contributed by atoms with Crippen LogP contribution in [0.1, 0.15) is 53.3 Å². The van der Waals surface area contributed by atoms with Crippen molar-refractivity contribution >= 4 is 12.1 Å². The molecule has 1 aromatic heterocycles. The standard InChI is InChI=1S/C19H35N7O2/c1-6-16-24-23-14-25(16)12-10-21-17(20-7-2)22-11-13-26(15-8-9-15)18(27)28-19(3,4)5/h14-15H,6-13H2,1-5H3,(H2,20,21,22). The minimum atomic E-state index is -0.479. The first-order valence-electron chi connectivity index (χ1n) is 10.2. The van der Waals surface area contributed by atoms with Crippen LogP contribution < -0.4 is 10.6 Å². The van der Waals surface area contributed by atoms with E-state index in [1.54, 1.807) is 6.33 Å². The fraction of sp³-hybridized carbons (Fsp3) is 0.789. The van der Waals surface area contributed by atoms with Gasteiger partial charge in [-0.05, 0) is 40.5 Å². The molecule has 0 radical (unpaired) electrons. The molecule has 1 fully saturated rings. The summed E-state index contributed by atoms with van der Waals surface area (Å²) < 4.78 is 7.55. The number of ether oxygens (including phenoxy) is 1. The van der Waals surface area contributed by atoms with Gasteiger partial charge in [-0.1, -0.05) is 6.92 Å². The molecule has 0 aliphatic heterocycles. The Bertz CT molecular complexity index is 647. The lowest BCUT2D eigenvalue weighted by molar-refractivity contribution is 0.0238. The highest BCUT2D eigenvalue weighted by atomic mass is 16.6. The van der Waals surface area contributed by atoms with E-state index in [1.165, 1.54) is 0 Å². The fourth-order valence-corrected chi connectivity index (χ4v) is 2.78. The van der Waals surface area contributed by atoms with Crippen molar-refractivity contribution < 1.29 is 9.53 Å². The molecule has 28 heavy (non-hydrogen) atoms. The number of nitrogens with zero attached hydrogens (tertiary/aromatic N) is 5. The van der Waals surface area contributed by atoms with Gasteiger partial charge in [-0.25, -0.2) is 4.79 Å². The Morgan fingerprint density at radius 2 is 2.11 bits per heavy atom. The monoisotopic (exact) mass is 393 g/mol. The Hall–Kier alpha value is -2.32. The van der Waals surface area contributed by atoms with Crippen molar-refractivity contribution in [2.45, 2.75) is 72.1 Å². The molecule has 1 heterocycles. The molecule has 9 heteroatoms. The minimum Gasteiger partial charge on any atom is -0.444 e. The van der Waals surface area contributed by atoms with Crippen LogP contribution in [-0.2, 0) is 17.7 Å². The van der Waals surface area contributed by atoms with Crippen LogP contribution in [0.5, 0.6) is 0 Å². The first kappa shape index (κ1) is 22.0. The summed E-state index contributed by atoms with van der Waals surface area (Å²) in [6.45, 7) is 13.1. The summed E-state index contributed by atoms with van der Waals surface area (Å²) in [5.74, 6) is 1.71. The summed E-state index contributed by atoms with van der Waals surface area (Å²) in [7, 11) is 0. The third kappa shape index (κ3) is 7.36. The Morgan fingerprint density at radius 1 is 1.36 bits per heavy atom. The summed E-state index contributed by atoms with van der Waals surface area (Å²) in [6.07, 6.45) is 4.45. The molecule has 0 saturated heterocycles. The summed E-state index contributed by atoms with van der Waals surface area (Å²) >= 11 is 0. The van der Waals surface area contributed by atoms with Gasteiger partial charge in [0, 0.05) is 38.6 Å². The van der Waals surface area contributed by atoms with Crippen LogP contribution in [0, 0.1) is 0 Å². The van der Waals surface area contributed by atoms with Gasteiger partial charge in [0.1, 0.15) is 17.8 Å². The van der Waals surface area contributed by atoms with Crippen LogP contribution >= 0.6 is 0 Å². The van der Waals surface area contributed by atoms with Crippen molar-refractivity contribution in [3.8, 4) is 0 Å². The zero-order valence-electron chi connectivity index (χ0n) is 17.9. The number of aliphatic imine (C=N–C) groups is 1. The van der Waals surface area contributed by atoms with Gasteiger partial charge in [0.2, 0.25) is 0 Å². The van der Waals surface area contributed by atoms with E-state index in [0.717, 1.165) is 44.1 Å². The number of aromatic nitrogens is 3. The van der Waals surface area contributed by atoms with Crippen LogP contribution in [-0.4, -0.2) is 69.5 Å². The van der Waals surface area contributed by atoms with Crippen LogP contribution in [0.4, 0.5) is 4.79 Å². The van der Waals surface area contributed by atoms with E-state index < -0.39 is 5.60 Å². The smallest absolute Gasteiger partial charge is 0.410 e. The molecule has 0 aromatic carbocycles. The van der Waals surface area contributed by atoms with Gasteiger partial charge in [0.25, 0.3) is 0 Å². The lowest BCUT2D eigenvalue weighted by Gasteiger charge is -2.27. The van der Waals surface area contributed by atoms with Gasteiger partial charge < -0.3 is 24.8 Å². The molecule has 158 valence electrons. The number of nitrogens with one attached hydrogen (secondary N) is 2. The van der Waals surface area contributed by atoms with Gasteiger partial charge in [-0.3, -0.25) is 4.99 Å². The van der Waals surface area contributed by atoms with Crippen molar-refractivity contribution in [2.75, 3.05) is 26.2 Å². The molecule has 0 atom stereocenters. The average Bonchev–Trinajstić information content (AvgIpc) is 3.35. The van der Waals surface area contributed by atoms with Crippen molar-refractivity contribution in [2.24, 2.45) is 4.99 Å². The van der Waals surface area contributed by atoms with E-state index in [0.29, 0.717) is 25.7 Å². The van der Waals surface area contributed by atoms with E-state index in [-0.39, 0.29) is 6.09 Å². The lowest BCUT2D eigenvalue weighted by Crippen LogP contribution is -2.45. The molecule has 1 aliphatic carbocycles. The zero-order chi connectivity index (χ0) is 20.6. The number of carbonyl (C=O) groups is 1. The molecule has 1 saturated carbocycles. The largest absolute Gasteiger partial charge is 0.444 e. The van der Waals surface area contributed by atoms with E-state index >= 15 is 0 Å². The summed E-state index contributed by atoms with van der Waals surface area (Å²) in [6, 6.07) is 0.303. The predicted octanol–water partition coefficient (Wildman–Crippen LogP) is 1.80. The maximum absolute atomic E-state index is 12.4. The van der Waals surface area contributed by atoms with Crippen molar-refractivity contribution in [3.05, 3.63) is 12.2 Å². The Morgan fingerprint density at radius 3 is 2.71 bits per heavy atom. The average molecular weight is 394 g/mol. The number of rotatable bonds is 9. The first-order valence-corrected chi connectivity index (χ1v) is 10.2. The van der Waals surface area contributed by atoms with E-state index in [9.17, 15) is 4.79 Å². The highest BCUT2D eigenvalue weighted by molar-refractivity contribution is 5.79. The second-order valence-corrected chi connectivity index (χ2v) is 7.89. The molecule has 0 unspecified atom stereocenters. The predicted molar refractivity (Wildman–Crippen MR) is 109 cm³/mol. The number of amides is 1. The third-order valence-electron chi connectivity index (χ3n) is 4.23. The molecule has 9 nitrogen and oxygen atoms in total. The first-order chi connectivity index (χ1) is 13.3. The summed E-state index contributed by atoms with van der Waals surface area (Å²) in [5, 5.41) is 14.6. The summed E-state index contributed by atoms with van der Waals surface area (Å²) in [4.78, 5) is 18.9. The van der Waals surface area contributed by atoms with Crippen molar-refractivity contribution in [1.82, 2.24) is 30.3 Å². The number of carbonyl (C=O) groups excluding carboxylic acids is 1. The highest BCUT2D eigenvalue weighted by Gasteiger charge is 2.34. The van der Waals surface area contributed by atoms with Gasteiger partial charge in [0.05, 0.1) is 6.54 Å². The summed E-state index contributed by atoms with van der Waals surface area (Å²) in [5.41, 5.74) is -0.479. The van der Waals surface area contributed by atoms with E-state index in [4.69, 9.17) is 4.74 Å². The maximum Gasteiger partial charge on any atom is 0.410 e. The van der Waals surface area contributed by atoms with E-state index in [1.807, 2.05) is 37.2 Å². The maximum atomic E-state index is 12.4. The molecule has 2 rings (SSSR count). The second kappa shape index (κ2) is 10.3. The minimum absolute atomic E-state index is 0.238. The Balaban J connectivity index is 1.83. The van der Waals surface area contributed by atoms with Gasteiger partial charge in [0.15, 0.2) is 5.96 Å². The van der Waals surface area contributed by atoms with Gasteiger partial charge in [-0.15, -0.1) is 10.2 Å². The Labute approximate surface area is 167 Å². The number of aryl methyl sites for hydroxylation is 1. The quantitative estimate of drug-likeness (QED) is 0.490. The number of guanidine groups is 1. The van der Waals surface area contributed by atoms with Gasteiger partial charge in [-0.2, -0.15) is 0 Å². The highest BCUT2D eigenvalue weighted by Crippen LogP contribution is 2.27. The molecule has 1 aromatic rings. The SMILES string of the molecule is CCNC(=NCCn1cnnc1CC)NCCN(C(=O)OC(C)(C)C)C1CC1. The van der Waals surface area contributed by atoms with Crippen molar-refractivity contribution in [1.29, 1.82) is 0 Å². The van der Waals surface area contributed by atoms with Crippen molar-refractivity contribution in [3.63, 3.8) is 0 Å². The zero-order valence-corrected chi connectivity index (χ0v) is 17.9. The molecule has 0 bridgehead atoms. The molecule has 2 N–H and O–H groups in total. The van der Waals surface area contributed by atoms with Gasteiger partial charge >= 0.3 is 6.09 Å². The van der Waals surface area contributed by atoms with Crippen LogP contribution in [0.15, 0.2) is 11.3 Å². The topological polar surface area (TPSA) is 96.7 Å². The fourth-order valence-electron chi connectivity index (χ4n) is 2.78. The van der Waals surface area contributed by atoms with E-state index in [2.05, 4.69) is 32.7 Å². The second-order valence-electron chi connectivity index (χ2n) is 7.89. The molecular weight excluding hydrogens is 358 g/mol. The molecule has 1 aliphatic rings. The third-order valence-corrected chi connectivity index (χ3v) is 4.23. The normalized spacial score (nSPS) is 14.7. The van der Waals surface area contributed by atoms with Crippen LogP contribution in [0.25, 0.3) is 0 Å². The van der Waals surface area contributed by atoms with Crippen LogP contribution in [0.2, 0.25) is 0 Å². The Kier molecular flexibility index (Phi) is 8.07. The number of hydrogen-bond acceptors (Lipinski definition) is 5. The number of hydrogen-bond donors (Lipinski definition) is 2.